The van der Waals surface area contributed by atoms with Gasteiger partial charge in [0.2, 0.25) is 5.91 Å². The Kier molecular flexibility index (Phi) is 5.97. The van der Waals surface area contributed by atoms with E-state index in [0.29, 0.717) is 30.6 Å². The highest BCUT2D eigenvalue weighted by molar-refractivity contribution is 5.93. The molecular weight excluding hydrogens is 419 g/mol. The monoisotopic (exact) mass is 445 g/mol. The van der Waals surface area contributed by atoms with Crippen molar-refractivity contribution in [2.24, 2.45) is 0 Å². The molecule has 2 saturated heterocycles. The van der Waals surface area contributed by atoms with E-state index in [2.05, 4.69) is 4.98 Å². The van der Waals surface area contributed by atoms with E-state index in [1.165, 1.54) is 12.1 Å². The molecule has 0 N–H and O–H groups in total. The highest BCUT2D eigenvalue weighted by Crippen LogP contribution is 2.40. The van der Waals surface area contributed by atoms with E-state index < -0.39 is 17.3 Å². The molecule has 0 radical (unpaired) electrons. The Morgan fingerprint density at radius 3 is 2.56 bits per heavy atom. The zero-order valence-corrected chi connectivity index (χ0v) is 17.9. The van der Waals surface area contributed by atoms with Crippen LogP contribution in [0.5, 0.6) is 0 Å². The summed E-state index contributed by atoms with van der Waals surface area (Å²) in [4.78, 5) is 34.1. The smallest absolute Gasteiger partial charge is 0.332 e. The first-order valence-corrected chi connectivity index (χ1v) is 10.9. The number of benzene rings is 1. The van der Waals surface area contributed by atoms with Gasteiger partial charge in [-0.15, -0.1) is 0 Å². The fraction of sp³-hybridized carbons (Fsp3) is 0.458. The van der Waals surface area contributed by atoms with Crippen LogP contribution in [0.25, 0.3) is 0 Å². The van der Waals surface area contributed by atoms with Crippen molar-refractivity contribution in [2.75, 3.05) is 6.54 Å². The van der Waals surface area contributed by atoms with E-state index in [1.54, 1.807) is 29.3 Å². The van der Waals surface area contributed by atoms with Crippen molar-refractivity contribution in [1.29, 1.82) is 0 Å². The van der Waals surface area contributed by atoms with Crippen molar-refractivity contribution in [3.8, 4) is 0 Å². The third-order valence-corrected chi connectivity index (χ3v) is 6.76. The topological polar surface area (TPSA) is 53.5 Å². The van der Waals surface area contributed by atoms with Gasteiger partial charge in [-0.25, -0.2) is 0 Å². The molecule has 32 heavy (non-hydrogen) atoms. The van der Waals surface area contributed by atoms with E-state index in [-0.39, 0.29) is 24.4 Å². The van der Waals surface area contributed by atoms with E-state index in [1.807, 2.05) is 11.8 Å². The van der Waals surface area contributed by atoms with Crippen LogP contribution in [-0.2, 0) is 17.5 Å². The van der Waals surface area contributed by atoms with Crippen LogP contribution in [0.1, 0.15) is 60.6 Å². The minimum Gasteiger partial charge on any atom is -0.332 e. The van der Waals surface area contributed by atoms with Gasteiger partial charge in [-0.05, 0) is 56.0 Å². The first-order chi connectivity index (χ1) is 15.2. The number of pyridine rings is 1. The summed E-state index contributed by atoms with van der Waals surface area (Å²) in [5, 5.41) is 0. The highest BCUT2D eigenvalue weighted by atomic mass is 19.4. The summed E-state index contributed by atoms with van der Waals surface area (Å²) in [6, 6.07) is 10.0. The molecule has 0 aliphatic carbocycles. The van der Waals surface area contributed by atoms with Gasteiger partial charge in [0.25, 0.3) is 5.91 Å². The van der Waals surface area contributed by atoms with Gasteiger partial charge in [-0.1, -0.05) is 24.6 Å². The van der Waals surface area contributed by atoms with Crippen LogP contribution < -0.4 is 0 Å². The third-order valence-electron chi connectivity index (χ3n) is 6.76. The zero-order chi connectivity index (χ0) is 22.9. The van der Waals surface area contributed by atoms with Crippen molar-refractivity contribution in [1.82, 2.24) is 14.8 Å². The predicted molar refractivity (Wildman–Crippen MR) is 113 cm³/mol. The molecular formula is C24H26F3N3O2. The van der Waals surface area contributed by atoms with Crippen molar-refractivity contribution >= 4 is 11.8 Å². The van der Waals surface area contributed by atoms with Gasteiger partial charge in [0, 0.05) is 25.7 Å². The second kappa shape index (κ2) is 8.56. The van der Waals surface area contributed by atoms with Crippen LogP contribution >= 0.6 is 0 Å². The Balaban J connectivity index is 1.62. The Morgan fingerprint density at radius 2 is 1.91 bits per heavy atom. The first-order valence-electron chi connectivity index (χ1n) is 10.9. The Hall–Kier alpha value is -2.90. The lowest BCUT2D eigenvalue weighted by Gasteiger charge is -2.45. The lowest BCUT2D eigenvalue weighted by atomic mass is 9.84. The van der Waals surface area contributed by atoms with Crippen LogP contribution in [0.15, 0.2) is 48.7 Å². The largest absolute Gasteiger partial charge is 0.416 e. The number of hydrogen-bond donors (Lipinski definition) is 0. The molecule has 2 amide bonds. The number of carbonyl (C=O) groups is 2. The molecule has 0 unspecified atom stereocenters. The maximum absolute atomic E-state index is 13.2. The Labute approximate surface area is 185 Å². The van der Waals surface area contributed by atoms with Crippen LogP contribution in [0.2, 0.25) is 0 Å². The SMILES string of the molecule is C[C@@]12CCN(C(=O)c3ccccn3)[C@@H]1CCCCC(=O)N2Cc1ccc(C(F)(F)F)cc1. The number of nitrogens with zero attached hydrogens (tertiary/aromatic N) is 3. The van der Waals surface area contributed by atoms with Gasteiger partial charge in [0.1, 0.15) is 5.69 Å². The molecule has 0 saturated carbocycles. The average Bonchev–Trinajstić information content (AvgIpc) is 3.10. The maximum Gasteiger partial charge on any atom is 0.416 e. The summed E-state index contributed by atoms with van der Waals surface area (Å²) in [6.45, 7) is 2.72. The fourth-order valence-corrected chi connectivity index (χ4v) is 4.95. The molecule has 1 aromatic heterocycles. The van der Waals surface area contributed by atoms with Crippen molar-refractivity contribution in [2.45, 2.75) is 63.3 Å². The standard InChI is InChI=1S/C24H26F3N3O2/c1-23-13-15-29(22(32)19-6-4-5-14-28-19)20(23)7-2-3-8-21(31)30(23)16-17-9-11-18(12-10-17)24(25,26)27/h4-6,9-12,14,20H,2-3,7-8,13,15-16H2,1H3/t20-,23-/m1/s1. The molecule has 0 bridgehead atoms. The number of likely N-dealkylation sites (tertiary alicyclic amines) is 2. The number of amides is 2. The summed E-state index contributed by atoms with van der Waals surface area (Å²) in [5.74, 6) is -0.175. The van der Waals surface area contributed by atoms with E-state index in [4.69, 9.17) is 0 Å². The summed E-state index contributed by atoms with van der Waals surface area (Å²) >= 11 is 0. The number of carbonyl (C=O) groups excluding carboxylic acids is 2. The molecule has 1 aromatic carbocycles. The lowest BCUT2D eigenvalue weighted by molar-refractivity contribution is -0.140. The first kappa shape index (κ1) is 22.3. The zero-order valence-electron chi connectivity index (χ0n) is 17.9. The average molecular weight is 445 g/mol. The Bertz CT molecular complexity index is 978. The van der Waals surface area contributed by atoms with Gasteiger partial charge >= 0.3 is 6.18 Å². The van der Waals surface area contributed by atoms with Crippen LogP contribution in [0.3, 0.4) is 0 Å². The Morgan fingerprint density at radius 1 is 1.16 bits per heavy atom. The molecule has 8 heteroatoms. The fourth-order valence-electron chi connectivity index (χ4n) is 4.95. The van der Waals surface area contributed by atoms with Crippen molar-refractivity contribution < 1.29 is 22.8 Å². The number of fused-ring (bicyclic) bond motifs is 1. The van der Waals surface area contributed by atoms with Gasteiger partial charge in [-0.2, -0.15) is 13.2 Å². The van der Waals surface area contributed by atoms with E-state index in [9.17, 15) is 22.8 Å². The highest BCUT2D eigenvalue weighted by Gasteiger charge is 2.51. The summed E-state index contributed by atoms with van der Waals surface area (Å²) < 4.78 is 38.8. The molecule has 2 atom stereocenters. The van der Waals surface area contributed by atoms with Crippen molar-refractivity contribution in [3.05, 3.63) is 65.5 Å². The summed E-state index contributed by atoms with van der Waals surface area (Å²) in [7, 11) is 0. The van der Waals surface area contributed by atoms with E-state index >= 15 is 0 Å². The molecule has 3 heterocycles. The molecule has 4 rings (SSSR count). The molecule has 5 nitrogen and oxygen atoms in total. The van der Waals surface area contributed by atoms with Crippen molar-refractivity contribution in [3.63, 3.8) is 0 Å². The molecule has 0 spiro atoms. The molecule has 2 aliphatic rings. The second-order valence-electron chi connectivity index (χ2n) is 8.76. The van der Waals surface area contributed by atoms with Gasteiger partial charge in [0.05, 0.1) is 17.1 Å². The van der Waals surface area contributed by atoms with Crippen LogP contribution in [0.4, 0.5) is 13.2 Å². The van der Waals surface area contributed by atoms with Gasteiger partial charge in [0.15, 0.2) is 0 Å². The molecule has 2 aliphatic heterocycles. The number of alkyl halides is 3. The third kappa shape index (κ3) is 4.23. The normalized spacial score (nSPS) is 24.1. The number of aromatic nitrogens is 1. The lowest BCUT2D eigenvalue weighted by Crippen LogP contribution is -2.58. The minimum absolute atomic E-state index is 0.0239. The summed E-state index contributed by atoms with van der Waals surface area (Å²) in [6.07, 6.45) is 0.531. The number of rotatable bonds is 3. The van der Waals surface area contributed by atoms with E-state index in [0.717, 1.165) is 31.4 Å². The predicted octanol–water partition coefficient (Wildman–Crippen LogP) is 4.68. The van der Waals surface area contributed by atoms with Gasteiger partial charge < -0.3 is 9.80 Å². The minimum atomic E-state index is -4.40. The van der Waals surface area contributed by atoms with Crippen LogP contribution in [-0.4, -0.2) is 44.7 Å². The second-order valence-corrected chi connectivity index (χ2v) is 8.76. The van der Waals surface area contributed by atoms with Crippen LogP contribution in [0, 0.1) is 0 Å². The molecule has 2 aromatic rings. The molecule has 2 fully saturated rings. The summed E-state index contributed by atoms with van der Waals surface area (Å²) in [5.41, 5.74) is -0.289. The maximum atomic E-state index is 13.2. The molecule has 170 valence electrons. The van der Waals surface area contributed by atoms with Gasteiger partial charge in [-0.3, -0.25) is 14.6 Å². The number of halogens is 3. The quantitative estimate of drug-likeness (QED) is 0.690. The number of hydrogen-bond acceptors (Lipinski definition) is 3.